The van der Waals surface area contributed by atoms with E-state index in [-0.39, 0.29) is 12.4 Å². The van der Waals surface area contributed by atoms with Gasteiger partial charge in [0.05, 0.1) is 9.35 Å². The Hall–Kier alpha value is -3.65. The largest absolute Gasteiger partial charge is 0.460 e. The molecule has 0 radical (unpaired) electrons. The topological polar surface area (TPSA) is 178 Å². The van der Waals surface area contributed by atoms with E-state index in [1.165, 1.54) is 6.92 Å². The van der Waals surface area contributed by atoms with Crippen molar-refractivity contribution in [2.24, 2.45) is 0 Å². The minimum atomic E-state index is -4.54. The summed E-state index contributed by atoms with van der Waals surface area (Å²) in [6.45, 7) is 1.58. The summed E-state index contributed by atoms with van der Waals surface area (Å²) in [6.07, 6.45) is -5.96. The van der Waals surface area contributed by atoms with Crippen LogP contribution in [0.4, 0.5) is 4.39 Å². The highest BCUT2D eigenvalue weighted by Gasteiger charge is 2.54. The van der Waals surface area contributed by atoms with Crippen LogP contribution < -0.4 is 20.9 Å². The Morgan fingerprint density at radius 3 is 2.63 bits per heavy atom. The van der Waals surface area contributed by atoms with Crippen molar-refractivity contribution in [3.63, 3.8) is 0 Å². The Balaban J connectivity index is 1.53. The van der Waals surface area contributed by atoms with Gasteiger partial charge in [-0.15, -0.1) is 0 Å². The third-order valence-corrected chi connectivity index (χ3v) is 7.74. The summed E-state index contributed by atoms with van der Waals surface area (Å²) in [6, 6.07) is 11.0. The molecule has 2 unspecified atom stereocenters. The molecule has 2 aromatic carbocycles. The van der Waals surface area contributed by atoms with Crippen molar-refractivity contribution >= 4 is 13.7 Å². The van der Waals surface area contributed by atoms with Crippen LogP contribution in [0, 0.1) is 5.82 Å². The fourth-order valence-corrected chi connectivity index (χ4v) is 5.41. The maximum atomic E-state index is 13.8. The number of aromatic nitrogens is 2. The lowest BCUT2D eigenvalue weighted by Gasteiger charge is -2.27. The van der Waals surface area contributed by atoms with Crippen molar-refractivity contribution < 1.29 is 45.2 Å². The summed E-state index contributed by atoms with van der Waals surface area (Å²) in [5, 5.41) is 24.2. The molecule has 1 aromatic heterocycles. The number of H-pyrrole nitrogens is 1. The van der Waals surface area contributed by atoms with Crippen molar-refractivity contribution in [3.05, 3.63) is 99.0 Å². The zero-order valence-electron chi connectivity index (χ0n) is 23.9. The molecule has 13 nitrogen and oxygen atoms in total. The molecule has 4 rings (SSSR count). The summed E-state index contributed by atoms with van der Waals surface area (Å²) in [5.74, 6) is -1.53. The number of nitrogens with zero attached hydrogens (tertiary/aromatic N) is 1. The molecule has 1 fully saturated rings. The Kier molecular flexibility index (Phi) is 8.37. The number of hydrogen-bond acceptors (Lipinski definition) is 10. The molecule has 41 heavy (non-hydrogen) atoms. The average molecular weight is 596 g/mol. The molecular weight excluding hydrogens is 564 g/mol. The van der Waals surface area contributed by atoms with Gasteiger partial charge < -0.3 is 24.2 Å². The quantitative estimate of drug-likeness (QED) is 0.187. The monoisotopic (exact) mass is 595 g/mol. The van der Waals surface area contributed by atoms with Crippen LogP contribution in [0.5, 0.6) is 5.75 Å². The summed E-state index contributed by atoms with van der Waals surface area (Å²) in [5.41, 5.74) is -3.87. The van der Waals surface area contributed by atoms with E-state index in [4.69, 9.17) is 21.3 Å². The predicted molar refractivity (Wildman–Crippen MR) is 141 cm³/mol. The zero-order valence-corrected chi connectivity index (χ0v) is 22.7. The van der Waals surface area contributed by atoms with Gasteiger partial charge in [0.15, 0.2) is 6.23 Å². The van der Waals surface area contributed by atoms with Gasteiger partial charge in [-0.1, -0.05) is 30.3 Å². The van der Waals surface area contributed by atoms with E-state index in [1.807, 2.05) is 4.98 Å². The number of hydrogen-bond donors (Lipinski definition) is 4. The summed E-state index contributed by atoms with van der Waals surface area (Å²) < 4.78 is 65.2. The number of halogens is 1. The van der Waals surface area contributed by atoms with Crippen LogP contribution in [0.2, 0.25) is 0 Å². The number of rotatable bonds is 11. The highest BCUT2D eigenvalue weighted by atomic mass is 31.2. The van der Waals surface area contributed by atoms with Gasteiger partial charge in [-0.3, -0.25) is 23.7 Å². The standard InChI is InChI=1S/C26H29FN3O10P/c1-16(23(33)37-14-17-6-4-3-5-7-17)29-41(36,40-19-10-8-18(27)9-11-19)38-15-20-22(32)26(2,35)24(39-20)30-13-12-21(31)28-25(30)34/h3-13,16,20,22,24,32,35H,14-15H2,1-2H3,(H,29,36)(H,28,31,34)/t16?,20-,22-,24-,26-,41?/m1/s1/i12D,13D. The van der Waals surface area contributed by atoms with Gasteiger partial charge in [0.25, 0.3) is 5.56 Å². The highest BCUT2D eigenvalue weighted by molar-refractivity contribution is 7.52. The second kappa shape index (κ2) is 12.5. The Morgan fingerprint density at radius 1 is 1.27 bits per heavy atom. The Bertz CT molecular complexity index is 1620. The lowest BCUT2D eigenvalue weighted by Crippen LogP contribution is -2.47. The van der Waals surface area contributed by atoms with Gasteiger partial charge in [0, 0.05) is 12.2 Å². The number of esters is 1. The van der Waals surface area contributed by atoms with Crippen molar-refractivity contribution in [2.45, 2.75) is 50.5 Å². The molecule has 0 spiro atoms. The van der Waals surface area contributed by atoms with Gasteiger partial charge in [-0.2, -0.15) is 5.09 Å². The zero-order chi connectivity index (χ0) is 31.5. The lowest BCUT2D eigenvalue weighted by atomic mass is 9.96. The molecule has 0 bridgehead atoms. The van der Waals surface area contributed by atoms with Crippen LogP contribution in [0.15, 0.2) is 76.4 Å². The van der Waals surface area contributed by atoms with E-state index < -0.39 is 79.7 Å². The first-order valence-electron chi connectivity index (χ1n) is 13.3. The van der Waals surface area contributed by atoms with Crippen molar-refractivity contribution in [1.29, 1.82) is 0 Å². The van der Waals surface area contributed by atoms with Crippen LogP contribution in [0.1, 0.15) is 28.4 Å². The number of ether oxygens (including phenoxy) is 2. The molecule has 0 saturated carbocycles. The number of nitrogens with one attached hydrogen (secondary N) is 2. The smallest absolute Gasteiger partial charge is 0.459 e. The van der Waals surface area contributed by atoms with E-state index in [0.717, 1.165) is 31.2 Å². The van der Waals surface area contributed by atoms with Crippen LogP contribution in [-0.4, -0.2) is 56.2 Å². The van der Waals surface area contributed by atoms with E-state index in [0.29, 0.717) is 10.1 Å². The van der Waals surface area contributed by atoms with E-state index >= 15 is 0 Å². The summed E-state index contributed by atoms with van der Waals surface area (Å²) >= 11 is 0. The van der Waals surface area contributed by atoms with Crippen molar-refractivity contribution in [2.75, 3.05) is 6.61 Å². The molecule has 1 aliphatic heterocycles. The van der Waals surface area contributed by atoms with Gasteiger partial charge >= 0.3 is 19.4 Å². The van der Waals surface area contributed by atoms with Gasteiger partial charge in [0.2, 0.25) is 0 Å². The normalized spacial score (nSPS) is 25.0. The fraction of sp³-hybridized carbons (Fsp3) is 0.346. The van der Waals surface area contributed by atoms with Crippen LogP contribution >= 0.6 is 7.75 Å². The van der Waals surface area contributed by atoms with Crippen LogP contribution in [0.3, 0.4) is 0 Å². The second-order valence-corrected chi connectivity index (χ2v) is 11.0. The molecule has 2 heterocycles. The maximum Gasteiger partial charge on any atom is 0.459 e. The van der Waals surface area contributed by atoms with E-state index in [1.54, 1.807) is 30.3 Å². The lowest BCUT2D eigenvalue weighted by molar-refractivity contribution is -0.146. The number of aromatic amines is 1. The molecule has 1 saturated heterocycles. The average Bonchev–Trinajstić information content (AvgIpc) is 3.19. The Labute approximate surface area is 235 Å². The van der Waals surface area contributed by atoms with E-state index in [2.05, 4.69) is 5.09 Å². The molecule has 1 aliphatic rings. The number of aliphatic hydroxyl groups excluding tert-OH is 1. The molecule has 220 valence electrons. The van der Waals surface area contributed by atoms with Gasteiger partial charge in [-0.25, -0.2) is 13.8 Å². The molecule has 6 atom stereocenters. The molecule has 15 heteroatoms. The first-order valence-corrected chi connectivity index (χ1v) is 13.8. The molecular formula is C26H29FN3O10P. The summed E-state index contributed by atoms with van der Waals surface area (Å²) in [7, 11) is -4.54. The molecule has 3 aromatic rings. The van der Waals surface area contributed by atoms with Crippen molar-refractivity contribution in [1.82, 2.24) is 14.6 Å². The van der Waals surface area contributed by atoms with E-state index in [9.17, 15) is 33.6 Å². The number of carbonyl (C=O) groups is 1. The SMILES string of the molecule is [2H]c1c([2H])n([C@@H]2O[C@H](COP(=O)(NC(C)C(=O)OCc3ccccc3)Oc3ccc(F)cc3)[C@@H](O)[C@@]2(C)O)c(=O)[nH]c1=O. The maximum absolute atomic E-state index is 13.8. The predicted octanol–water partition coefficient (Wildman–Crippen LogP) is 1.61. The third-order valence-electron chi connectivity index (χ3n) is 6.10. The third kappa shape index (κ3) is 7.36. The van der Waals surface area contributed by atoms with Crippen molar-refractivity contribution in [3.8, 4) is 5.75 Å². The summed E-state index contributed by atoms with van der Waals surface area (Å²) in [4.78, 5) is 38.6. The molecule has 4 N–H and O–H groups in total. The highest BCUT2D eigenvalue weighted by Crippen LogP contribution is 2.47. The Morgan fingerprint density at radius 2 is 1.95 bits per heavy atom. The second-order valence-electron chi connectivity index (χ2n) is 9.35. The van der Waals surface area contributed by atoms with Gasteiger partial charge in [-0.05, 0) is 43.7 Å². The van der Waals surface area contributed by atoms with Crippen LogP contribution in [-0.2, 0) is 30.0 Å². The number of benzene rings is 2. The minimum absolute atomic E-state index is 0.0730. The first kappa shape index (κ1) is 27.5. The number of carbonyl (C=O) groups excluding carboxylic acids is 1. The fourth-order valence-electron chi connectivity index (χ4n) is 3.91. The first-order chi connectivity index (χ1) is 20.2. The minimum Gasteiger partial charge on any atom is -0.460 e. The molecule has 0 amide bonds. The van der Waals surface area contributed by atoms with Gasteiger partial charge in [0.1, 0.15) is 42.0 Å². The van der Waals surface area contributed by atoms with Crippen LogP contribution in [0.25, 0.3) is 0 Å². The number of aliphatic hydroxyl groups is 2. The molecule has 0 aliphatic carbocycles.